The van der Waals surface area contributed by atoms with Crippen molar-refractivity contribution in [3.8, 4) is 0 Å². The van der Waals surface area contributed by atoms with Gasteiger partial charge in [0.2, 0.25) is 0 Å². The third-order valence-electron chi connectivity index (χ3n) is 7.88. The normalized spacial score (nSPS) is 17.2. The van der Waals surface area contributed by atoms with E-state index < -0.39 is 0 Å². The van der Waals surface area contributed by atoms with Crippen molar-refractivity contribution in [3.05, 3.63) is 65.0 Å². The Morgan fingerprint density at radius 1 is 1.25 bits per heavy atom. The van der Waals surface area contributed by atoms with Crippen LogP contribution in [-0.2, 0) is 17.9 Å². The van der Waals surface area contributed by atoms with Gasteiger partial charge in [-0.25, -0.2) is 10.8 Å². The lowest BCUT2D eigenvalue weighted by Crippen LogP contribution is -2.34. The number of imidazole rings is 1. The molecule has 0 bridgehead atoms. The molecular weight excluding hydrogens is 448 g/mol. The topological polar surface area (TPSA) is 93.4 Å². The highest BCUT2D eigenvalue weighted by Crippen LogP contribution is 2.31. The van der Waals surface area contributed by atoms with E-state index in [2.05, 4.69) is 47.7 Å². The Kier molecular flexibility index (Phi) is 10.6. The van der Waals surface area contributed by atoms with E-state index in [9.17, 15) is 4.79 Å². The van der Waals surface area contributed by atoms with E-state index in [1.807, 2.05) is 20.0 Å². The van der Waals surface area contributed by atoms with Crippen LogP contribution < -0.4 is 11.6 Å². The standard InChI is InChI=1S/C29H46N6O/c1-5-24-11-14-33(15-12-24)20-29-32-13-16-34(29)18-26-17-25(8-7-22(26)3)28(23(4)21-36)10-9-27(30)19-35(31)6-2/h7-8,13,16-17,19,21,23-24,28H,5-6,9-12,14-15,18,20,30-31H2,1-4H3/b27-19-. The molecule has 7 heteroatoms. The second-order valence-corrected chi connectivity index (χ2v) is 10.5. The number of rotatable bonds is 13. The number of carbonyl (C=O) groups is 1. The second-order valence-electron chi connectivity index (χ2n) is 10.5. The molecule has 2 atom stereocenters. The van der Waals surface area contributed by atoms with Gasteiger partial charge in [-0.3, -0.25) is 4.90 Å². The summed E-state index contributed by atoms with van der Waals surface area (Å²) >= 11 is 0. The number of aldehydes is 1. The van der Waals surface area contributed by atoms with Gasteiger partial charge in [0.25, 0.3) is 0 Å². The molecule has 0 saturated carbocycles. The maximum Gasteiger partial charge on any atom is 0.123 e. The minimum absolute atomic E-state index is 0.0941. The Balaban J connectivity index is 1.73. The molecule has 0 radical (unpaired) electrons. The Hall–Kier alpha value is -2.64. The smallest absolute Gasteiger partial charge is 0.123 e. The van der Waals surface area contributed by atoms with Crippen LogP contribution in [0.3, 0.4) is 0 Å². The summed E-state index contributed by atoms with van der Waals surface area (Å²) in [5, 5.41) is 1.59. The van der Waals surface area contributed by atoms with Crippen molar-refractivity contribution in [1.82, 2.24) is 19.5 Å². The zero-order valence-electron chi connectivity index (χ0n) is 22.7. The first-order chi connectivity index (χ1) is 17.3. The number of carbonyl (C=O) groups excluding carboxylic acids is 1. The minimum Gasteiger partial charge on any atom is -0.401 e. The quantitative estimate of drug-likeness (QED) is 0.241. The van der Waals surface area contributed by atoms with Crippen LogP contribution in [-0.4, -0.2) is 45.4 Å². The average Bonchev–Trinajstić information content (AvgIpc) is 3.32. The number of likely N-dealkylation sites (tertiary alicyclic amines) is 1. The van der Waals surface area contributed by atoms with E-state index >= 15 is 0 Å². The second kappa shape index (κ2) is 13.6. The van der Waals surface area contributed by atoms with Crippen molar-refractivity contribution in [2.45, 2.75) is 78.8 Å². The van der Waals surface area contributed by atoms with Crippen LogP contribution in [0.25, 0.3) is 0 Å². The number of nitrogens with zero attached hydrogens (tertiary/aromatic N) is 4. The fourth-order valence-corrected chi connectivity index (χ4v) is 5.18. The summed E-state index contributed by atoms with van der Waals surface area (Å²) in [7, 11) is 0. The van der Waals surface area contributed by atoms with Crippen LogP contribution >= 0.6 is 0 Å². The molecule has 36 heavy (non-hydrogen) atoms. The fraction of sp³-hybridized carbons (Fsp3) is 0.586. The van der Waals surface area contributed by atoms with Crippen LogP contribution in [0.4, 0.5) is 0 Å². The third kappa shape index (κ3) is 7.68. The largest absolute Gasteiger partial charge is 0.401 e. The van der Waals surface area contributed by atoms with Crippen LogP contribution in [0.1, 0.15) is 81.3 Å². The third-order valence-corrected chi connectivity index (χ3v) is 7.88. The SMILES string of the molecule is CCC1CCN(Cc2nccn2Cc2cc(C(CC/C(N)=C/N(N)CC)C(C)C=O)ccc2C)CC1. The van der Waals surface area contributed by atoms with Gasteiger partial charge in [0.1, 0.15) is 12.1 Å². The number of hydrogen-bond donors (Lipinski definition) is 2. The van der Waals surface area contributed by atoms with E-state index in [0.29, 0.717) is 13.0 Å². The zero-order valence-corrected chi connectivity index (χ0v) is 22.7. The molecule has 7 nitrogen and oxygen atoms in total. The number of nitrogens with two attached hydrogens (primary N) is 2. The van der Waals surface area contributed by atoms with Crippen molar-refractivity contribution in [2.24, 2.45) is 23.4 Å². The van der Waals surface area contributed by atoms with Gasteiger partial charge in [0.15, 0.2) is 0 Å². The Labute approximate surface area is 217 Å². The van der Waals surface area contributed by atoms with E-state index in [0.717, 1.165) is 56.3 Å². The van der Waals surface area contributed by atoms with Crippen LogP contribution in [0.5, 0.6) is 0 Å². The minimum atomic E-state index is -0.0941. The fourth-order valence-electron chi connectivity index (χ4n) is 5.18. The van der Waals surface area contributed by atoms with E-state index in [1.54, 1.807) is 11.2 Å². The number of allylic oxidation sites excluding steroid dienone is 1. The van der Waals surface area contributed by atoms with Crippen molar-refractivity contribution in [2.75, 3.05) is 19.6 Å². The van der Waals surface area contributed by atoms with Gasteiger partial charge in [-0.2, -0.15) is 0 Å². The summed E-state index contributed by atoms with van der Waals surface area (Å²) in [6, 6.07) is 6.62. The highest BCUT2D eigenvalue weighted by atomic mass is 16.1. The molecular formula is C29H46N6O. The van der Waals surface area contributed by atoms with E-state index in [1.165, 1.54) is 36.0 Å². The van der Waals surface area contributed by atoms with Gasteiger partial charge in [0.05, 0.1) is 6.54 Å². The van der Waals surface area contributed by atoms with Gasteiger partial charge in [0, 0.05) is 43.3 Å². The van der Waals surface area contributed by atoms with Gasteiger partial charge < -0.3 is 20.1 Å². The Morgan fingerprint density at radius 3 is 2.67 bits per heavy atom. The van der Waals surface area contributed by atoms with Gasteiger partial charge in [-0.15, -0.1) is 0 Å². The van der Waals surface area contributed by atoms with Crippen LogP contribution in [0.2, 0.25) is 0 Å². The molecule has 1 aromatic heterocycles. The molecule has 0 amide bonds. The summed E-state index contributed by atoms with van der Waals surface area (Å²) in [6.45, 7) is 13.1. The number of aromatic nitrogens is 2. The van der Waals surface area contributed by atoms with Crippen molar-refractivity contribution < 1.29 is 4.79 Å². The molecule has 2 unspecified atom stereocenters. The molecule has 1 aromatic carbocycles. The monoisotopic (exact) mass is 494 g/mol. The number of benzene rings is 1. The molecule has 2 heterocycles. The summed E-state index contributed by atoms with van der Waals surface area (Å²) in [5.41, 5.74) is 10.6. The highest BCUT2D eigenvalue weighted by Gasteiger charge is 2.21. The molecule has 3 rings (SSSR count). The Bertz CT molecular complexity index is 991. The first-order valence-electron chi connectivity index (χ1n) is 13.6. The molecule has 0 spiro atoms. The predicted octanol–water partition coefficient (Wildman–Crippen LogP) is 4.56. The van der Waals surface area contributed by atoms with E-state index in [-0.39, 0.29) is 11.8 Å². The average molecular weight is 495 g/mol. The molecule has 1 saturated heterocycles. The maximum absolute atomic E-state index is 11.8. The lowest BCUT2D eigenvalue weighted by molar-refractivity contribution is -0.111. The summed E-state index contributed by atoms with van der Waals surface area (Å²) < 4.78 is 2.28. The number of aryl methyl sites for hydroxylation is 1. The number of hydrazine groups is 1. The summed E-state index contributed by atoms with van der Waals surface area (Å²) in [5.74, 6) is 7.87. The molecule has 1 fully saturated rings. The molecule has 2 aromatic rings. The highest BCUT2D eigenvalue weighted by molar-refractivity contribution is 5.55. The first-order valence-corrected chi connectivity index (χ1v) is 13.6. The van der Waals surface area contributed by atoms with E-state index in [4.69, 9.17) is 16.6 Å². The molecule has 1 aliphatic rings. The van der Waals surface area contributed by atoms with Crippen molar-refractivity contribution in [3.63, 3.8) is 0 Å². The summed E-state index contributed by atoms with van der Waals surface area (Å²) in [4.78, 5) is 19.0. The first kappa shape index (κ1) is 27.9. The molecule has 0 aliphatic carbocycles. The number of hydrogen-bond acceptors (Lipinski definition) is 6. The molecule has 4 N–H and O–H groups in total. The zero-order chi connectivity index (χ0) is 26.1. The lowest BCUT2D eigenvalue weighted by Gasteiger charge is -2.31. The van der Waals surface area contributed by atoms with Gasteiger partial charge in [-0.05, 0) is 81.1 Å². The molecule has 1 aliphatic heterocycles. The van der Waals surface area contributed by atoms with Gasteiger partial charge >= 0.3 is 0 Å². The Morgan fingerprint density at radius 2 is 2.00 bits per heavy atom. The molecule has 198 valence electrons. The number of piperidine rings is 1. The van der Waals surface area contributed by atoms with Crippen molar-refractivity contribution >= 4 is 6.29 Å². The predicted molar refractivity (Wildman–Crippen MR) is 147 cm³/mol. The van der Waals surface area contributed by atoms with Crippen LogP contribution in [0.15, 0.2) is 42.5 Å². The maximum atomic E-state index is 11.8. The summed E-state index contributed by atoms with van der Waals surface area (Å²) in [6.07, 6.45) is 12.2. The van der Waals surface area contributed by atoms with Gasteiger partial charge in [-0.1, -0.05) is 38.5 Å². The van der Waals surface area contributed by atoms with Crippen molar-refractivity contribution in [1.29, 1.82) is 0 Å². The van der Waals surface area contributed by atoms with Crippen LogP contribution in [0, 0.1) is 18.8 Å². The lowest BCUT2D eigenvalue weighted by atomic mass is 9.83.